The molecule has 0 spiro atoms. The average molecular weight is 284 g/mol. The lowest BCUT2D eigenvalue weighted by Gasteiger charge is -2.54. The van der Waals surface area contributed by atoms with Crippen molar-refractivity contribution in [1.82, 2.24) is 0 Å². The summed E-state index contributed by atoms with van der Waals surface area (Å²) in [5, 5.41) is 19.0. The van der Waals surface area contributed by atoms with Crippen molar-refractivity contribution < 1.29 is 29.3 Å². The second-order valence-corrected chi connectivity index (χ2v) is 5.24. The van der Waals surface area contributed by atoms with E-state index in [1.54, 1.807) is 26.0 Å². The summed E-state index contributed by atoms with van der Waals surface area (Å²) in [7, 11) is 0. The van der Waals surface area contributed by atoms with E-state index in [4.69, 9.17) is 9.47 Å². The van der Waals surface area contributed by atoms with Gasteiger partial charge in [-0.1, -0.05) is 12.2 Å². The highest BCUT2D eigenvalue weighted by Gasteiger charge is 2.64. The molecule has 4 atom stereocenters. The molecule has 6 heteroatoms. The molecule has 2 bridgehead atoms. The van der Waals surface area contributed by atoms with E-state index in [1.807, 2.05) is 0 Å². The molecule has 0 aromatic rings. The van der Waals surface area contributed by atoms with Crippen LogP contribution in [-0.2, 0) is 19.1 Å². The second-order valence-electron chi connectivity index (χ2n) is 5.24. The van der Waals surface area contributed by atoms with Gasteiger partial charge in [-0.3, -0.25) is 9.59 Å². The van der Waals surface area contributed by atoms with Gasteiger partial charge in [-0.15, -0.1) is 0 Å². The van der Waals surface area contributed by atoms with E-state index in [0.717, 1.165) is 0 Å². The predicted molar refractivity (Wildman–Crippen MR) is 69.3 cm³/mol. The summed E-state index contributed by atoms with van der Waals surface area (Å²) in [6.45, 7) is 4.22. The van der Waals surface area contributed by atoms with Crippen LogP contribution in [0.2, 0.25) is 0 Å². The Kier molecular flexibility index (Phi) is 3.88. The molecular weight excluding hydrogens is 264 g/mol. The molecular formula is C14H20O6. The lowest BCUT2D eigenvalue weighted by molar-refractivity contribution is -0.206. The maximum absolute atomic E-state index is 11.7. The van der Waals surface area contributed by atoms with Gasteiger partial charge in [0.25, 0.3) is 0 Å². The molecule has 0 amide bonds. The maximum atomic E-state index is 11.7. The number of fused-ring (bicyclic) bond motifs is 2. The van der Waals surface area contributed by atoms with Crippen LogP contribution in [0, 0.1) is 11.8 Å². The van der Waals surface area contributed by atoms with Gasteiger partial charge >= 0.3 is 11.9 Å². The minimum Gasteiger partial charge on any atom is -0.481 e. The molecule has 6 nitrogen and oxygen atoms in total. The summed E-state index contributed by atoms with van der Waals surface area (Å²) in [5.74, 6) is -4.58. The molecule has 1 saturated carbocycles. The Morgan fingerprint density at radius 2 is 1.35 bits per heavy atom. The van der Waals surface area contributed by atoms with Gasteiger partial charge in [-0.25, -0.2) is 0 Å². The Bertz CT molecular complexity index is 405. The van der Waals surface area contributed by atoms with E-state index in [-0.39, 0.29) is 0 Å². The minimum atomic E-state index is -1.15. The summed E-state index contributed by atoms with van der Waals surface area (Å²) in [5.41, 5.74) is -2.08. The quantitative estimate of drug-likeness (QED) is 0.714. The normalized spacial score (nSPS) is 38.9. The number of carbonyl (C=O) groups is 2. The molecule has 3 rings (SSSR count). The lowest BCUT2D eigenvalue weighted by atomic mass is 9.57. The Labute approximate surface area is 117 Å². The van der Waals surface area contributed by atoms with Crippen LogP contribution in [0.15, 0.2) is 12.2 Å². The van der Waals surface area contributed by atoms with Crippen molar-refractivity contribution in [2.75, 3.05) is 13.2 Å². The van der Waals surface area contributed by atoms with Gasteiger partial charge in [-0.05, 0) is 26.7 Å². The van der Waals surface area contributed by atoms with Crippen molar-refractivity contribution in [3.63, 3.8) is 0 Å². The molecule has 0 aliphatic heterocycles. The fraction of sp³-hybridized carbons (Fsp3) is 0.714. The summed E-state index contributed by atoms with van der Waals surface area (Å²) in [6.07, 6.45) is 4.29. The van der Waals surface area contributed by atoms with Crippen LogP contribution in [0.5, 0.6) is 0 Å². The van der Waals surface area contributed by atoms with Crippen molar-refractivity contribution in [2.24, 2.45) is 11.8 Å². The third-order valence-corrected chi connectivity index (χ3v) is 4.30. The Morgan fingerprint density at radius 1 is 1.00 bits per heavy atom. The van der Waals surface area contributed by atoms with Crippen molar-refractivity contribution >= 4 is 11.9 Å². The van der Waals surface area contributed by atoms with Crippen molar-refractivity contribution in [1.29, 1.82) is 0 Å². The van der Waals surface area contributed by atoms with Gasteiger partial charge in [0.05, 0.1) is 0 Å². The monoisotopic (exact) mass is 284 g/mol. The summed E-state index contributed by atoms with van der Waals surface area (Å²) in [4.78, 5) is 23.3. The van der Waals surface area contributed by atoms with Crippen LogP contribution in [0.25, 0.3) is 0 Å². The van der Waals surface area contributed by atoms with Crippen LogP contribution in [0.4, 0.5) is 0 Å². The molecule has 2 N–H and O–H groups in total. The van der Waals surface area contributed by atoms with E-state index in [9.17, 15) is 19.8 Å². The predicted octanol–water partition coefficient (Wildman–Crippen LogP) is 1.30. The first-order chi connectivity index (χ1) is 9.42. The highest BCUT2D eigenvalue weighted by molar-refractivity contribution is 5.84. The van der Waals surface area contributed by atoms with Crippen LogP contribution >= 0.6 is 0 Å². The summed E-state index contributed by atoms with van der Waals surface area (Å²) < 4.78 is 11.3. The molecule has 0 heterocycles. The van der Waals surface area contributed by atoms with E-state index < -0.39 is 35.0 Å². The van der Waals surface area contributed by atoms with E-state index in [1.165, 1.54) is 0 Å². The first-order valence-corrected chi connectivity index (χ1v) is 6.86. The van der Waals surface area contributed by atoms with E-state index in [0.29, 0.717) is 26.1 Å². The minimum absolute atomic E-state index is 0.335. The number of hydrogen-bond donors (Lipinski definition) is 2. The SMILES string of the molecule is CCO[C@]12C=C[C@@](OCC)(CC1)[C@@H](C(=O)O)[C@@H]2C(=O)O. The largest absolute Gasteiger partial charge is 0.481 e. The topological polar surface area (TPSA) is 93.1 Å². The molecule has 3 aliphatic carbocycles. The number of hydrogen-bond acceptors (Lipinski definition) is 4. The van der Waals surface area contributed by atoms with E-state index >= 15 is 0 Å². The molecule has 3 aliphatic rings. The zero-order valence-electron chi connectivity index (χ0n) is 11.7. The number of rotatable bonds is 6. The van der Waals surface area contributed by atoms with Crippen molar-refractivity contribution in [3.8, 4) is 0 Å². The van der Waals surface area contributed by atoms with E-state index in [2.05, 4.69) is 0 Å². The van der Waals surface area contributed by atoms with Crippen molar-refractivity contribution in [3.05, 3.63) is 12.2 Å². The average Bonchev–Trinajstić information content (AvgIpc) is 2.39. The van der Waals surface area contributed by atoms with Gasteiger partial charge in [0, 0.05) is 13.2 Å². The number of carboxylic acid groups (broad SMARTS) is 2. The zero-order valence-corrected chi connectivity index (χ0v) is 11.7. The fourth-order valence-corrected chi connectivity index (χ4v) is 3.58. The van der Waals surface area contributed by atoms with Gasteiger partial charge in [0.2, 0.25) is 0 Å². The second kappa shape index (κ2) is 5.18. The molecule has 1 fully saturated rings. The fourth-order valence-electron chi connectivity index (χ4n) is 3.58. The Balaban J connectivity index is 2.53. The summed E-state index contributed by atoms with van der Waals surface area (Å²) in [6, 6.07) is 0. The standard InChI is InChI=1S/C14H20O6/c1-3-19-13-5-7-14(8-6-13,20-4-2)10(12(17)18)9(13)11(15)16/h5,7,9-10H,3-4,6,8H2,1-2H3,(H,15,16)(H,17,18)/t9-,10-,13-,14-/m1/s1. The number of aliphatic carboxylic acids is 2. The molecule has 0 aromatic carbocycles. The smallest absolute Gasteiger partial charge is 0.310 e. The lowest BCUT2D eigenvalue weighted by Crippen LogP contribution is -2.65. The first-order valence-electron chi connectivity index (χ1n) is 6.86. The third-order valence-electron chi connectivity index (χ3n) is 4.30. The number of carboxylic acids is 2. The summed E-state index contributed by atoms with van der Waals surface area (Å²) >= 11 is 0. The molecule has 0 unspecified atom stereocenters. The van der Waals surface area contributed by atoms with Crippen LogP contribution in [-0.4, -0.2) is 46.6 Å². The number of ether oxygens (including phenoxy) is 2. The molecule has 0 aromatic heterocycles. The molecule has 0 radical (unpaired) electrons. The Hall–Kier alpha value is -1.40. The first kappa shape index (κ1) is 15.0. The maximum Gasteiger partial charge on any atom is 0.310 e. The highest BCUT2D eigenvalue weighted by Crippen LogP contribution is 2.53. The molecule has 112 valence electrons. The van der Waals surface area contributed by atoms with Gasteiger partial charge in [-0.2, -0.15) is 0 Å². The molecule has 20 heavy (non-hydrogen) atoms. The Morgan fingerprint density at radius 3 is 1.55 bits per heavy atom. The van der Waals surface area contributed by atoms with Crippen LogP contribution in [0.1, 0.15) is 26.7 Å². The van der Waals surface area contributed by atoms with Gasteiger partial charge in [0.15, 0.2) is 0 Å². The highest BCUT2D eigenvalue weighted by atomic mass is 16.5. The zero-order chi connectivity index (χ0) is 15.0. The van der Waals surface area contributed by atoms with Gasteiger partial charge in [0.1, 0.15) is 23.0 Å². The van der Waals surface area contributed by atoms with Gasteiger partial charge < -0.3 is 19.7 Å². The van der Waals surface area contributed by atoms with Crippen LogP contribution < -0.4 is 0 Å². The van der Waals surface area contributed by atoms with Crippen LogP contribution in [0.3, 0.4) is 0 Å². The molecule has 0 saturated heterocycles. The van der Waals surface area contributed by atoms with Crippen molar-refractivity contribution in [2.45, 2.75) is 37.9 Å². The third kappa shape index (κ3) is 2.03.